The zero-order chi connectivity index (χ0) is 23.2. The van der Waals surface area contributed by atoms with Crippen molar-refractivity contribution in [1.82, 2.24) is 24.8 Å². The third kappa shape index (κ3) is 3.63. The van der Waals surface area contributed by atoms with Gasteiger partial charge >= 0.3 is 0 Å². The molecule has 34 heavy (non-hydrogen) atoms. The summed E-state index contributed by atoms with van der Waals surface area (Å²) in [6.07, 6.45) is 0. The third-order valence-electron chi connectivity index (χ3n) is 6.22. The summed E-state index contributed by atoms with van der Waals surface area (Å²) in [5.74, 6) is 0.967. The van der Waals surface area contributed by atoms with Crippen LogP contribution < -0.4 is 10.5 Å². The average molecular weight is 471 g/mol. The molecule has 0 atom stereocenters. The fourth-order valence-electron chi connectivity index (χ4n) is 4.42. The van der Waals surface area contributed by atoms with Crippen molar-refractivity contribution in [2.24, 2.45) is 0 Å². The number of aromatic nitrogens is 4. The summed E-state index contributed by atoms with van der Waals surface area (Å²) in [5.41, 5.74) is 4.71. The lowest BCUT2D eigenvalue weighted by atomic mass is 10.1. The lowest BCUT2D eigenvalue weighted by Gasteiger charge is -2.35. The molecule has 4 aromatic heterocycles. The maximum atomic E-state index is 13.2. The van der Waals surface area contributed by atoms with Gasteiger partial charge in [-0.3, -0.25) is 9.59 Å². The number of aryl methyl sites for hydroxylation is 1. The topological polar surface area (TPSA) is 98.0 Å². The standard InChI is InChI=1S/C25H22N6O2S/c1-15-3-2-4-22(26-15)30-7-9-31(10-8-30)25(33)16-5-6-18-17(11-16)12-19(27-18)23-24(32)29-21-14-34-13-20(21)28-23/h2-6,11-14,27H,7-10H2,1H3,(H,29,32). The molecule has 0 radical (unpaired) electrons. The number of nitrogens with one attached hydrogen (secondary N) is 2. The van der Waals surface area contributed by atoms with Gasteiger partial charge < -0.3 is 19.8 Å². The van der Waals surface area contributed by atoms with E-state index in [0.29, 0.717) is 30.0 Å². The number of amides is 1. The predicted octanol–water partition coefficient (Wildman–Crippen LogP) is 3.80. The van der Waals surface area contributed by atoms with Crippen LogP contribution in [0.4, 0.5) is 5.82 Å². The molecule has 0 aliphatic carbocycles. The van der Waals surface area contributed by atoms with Crippen molar-refractivity contribution in [2.75, 3.05) is 31.1 Å². The van der Waals surface area contributed by atoms with Crippen LogP contribution in [0.5, 0.6) is 0 Å². The van der Waals surface area contributed by atoms with Gasteiger partial charge in [-0.2, -0.15) is 0 Å². The Kier molecular flexibility index (Phi) is 4.91. The van der Waals surface area contributed by atoms with Gasteiger partial charge in [-0.15, -0.1) is 11.3 Å². The van der Waals surface area contributed by atoms with E-state index in [2.05, 4.69) is 24.8 Å². The zero-order valence-electron chi connectivity index (χ0n) is 18.5. The molecule has 5 aromatic rings. The van der Waals surface area contributed by atoms with Crippen molar-refractivity contribution in [3.63, 3.8) is 0 Å². The van der Waals surface area contributed by atoms with E-state index in [-0.39, 0.29) is 11.5 Å². The van der Waals surface area contributed by atoms with Gasteiger partial charge in [0.15, 0.2) is 5.69 Å². The molecule has 5 heterocycles. The Morgan fingerprint density at radius 3 is 2.65 bits per heavy atom. The van der Waals surface area contributed by atoms with Crippen LogP contribution in [0.3, 0.4) is 0 Å². The van der Waals surface area contributed by atoms with Crippen LogP contribution in [0.2, 0.25) is 0 Å². The number of nitrogens with zero attached hydrogens (tertiary/aromatic N) is 4. The monoisotopic (exact) mass is 470 g/mol. The van der Waals surface area contributed by atoms with Crippen LogP contribution in [-0.2, 0) is 0 Å². The molecule has 8 nitrogen and oxygen atoms in total. The lowest BCUT2D eigenvalue weighted by molar-refractivity contribution is 0.0746. The molecule has 1 saturated heterocycles. The Morgan fingerprint density at radius 2 is 1.82 bits per heavy atom. The molecule has 170 valence electrons. The van der Waals surface area contributed by atoms with Crippen molar-refractivity contribution < 1.29 is 4.79 Å². The van der Waals surface area contributed by atoms with Gasteiger partial charge in [-0.1, -0.05) is 6.07 Å². The second-order valence-electron chi connectivity index (χ2n) is 8.49. The molecule has 1 aliphatic rings. The molecular formula is C25H22N6O2S. The number of pyridine rings is 1. The van der Waals surface area contributed by atoms with E-state index in [0.717, 1.165) is 46.5 Å². The number of piperazine rings is 1. The molecular weight excluding hydrogens is 448 g/mol. The summed E-state index contributed by atoms with van der Waals surface area (Å²) >= 11 is 1.50. The van der Waals surface area contributed by atoms with Crippen LogP contribution in [0, 0.1) is 6.92 Å². The maximum absolute atomic E-state index is 13.2. The number of hydrogen-bond acceptors (Lipinski definition) is 6. The maximum Gasteiger partial charge on any atom is 0.276 e. The highest BCUT2D eigenvalue weighted by atomic mass is 32.1. The van der Waals surface area contributed by atoms with E-state index in [4.69, 9.17) is 0 Å². The largest absolute Gasteiger partial charge is 0.353 e. The van der Waals surface area contributed by atoms with Crippen molar-refractivity contribution in [3.05, 3.63) is 74.8 Å². The summed E-state index contributed by atoms with van der Waals surface area (Å²) in [6, 6.07) is 13.5. The Morgan fingerprint density at radius 1 is 0.971 bits per heavy atom. The number of hydrogen-bond donors (Lipinski definition) is 2. The van der Waals surface area contributed by atoms with Crippen molar-refractivity contribution >= 4 is 45.0 Å². The fraction of sp³-hybridized carbons (Fsp3) is 0.200. The SMILES string of the molecule is Cc1cccc(N2CCN(C(=O)c3ccc4[nH]c(-c5nc6cscc6[nH]c5=O)cc4c3)CC2)n1. The second-order valence-corrected chi connectivity index (χ2v) is 9.23. The van der Waals surface area contributed by atoms with Gasteiger partial charge in [0, 0.05) is 59.1 Å². The van der Waals surface area contributed by atoms with Gasteiger partial charge in [0.05, 0.1) is 16.7 Å². The Bertz CT molecular complexity index is 1590. The molecule has 0 unspecified atom stereocenters. The number of benzene rings is 1. The normalized spacial score (nSPS) is 14.3. The summed E-state index contributed by atoms with van der Waals surface area (Å²) < 4.78 is 0. The first kappa shape index (κ1) is 20.6. The van der Waals surface area contributed by atoms with E-state index in [9.17, 15) is 9.59 Å². The number of H-pyrrole nitrogens is 2. The van der Waals surface area contributed by atoms with Gasteiger partial charge in [0.1, 0.15) is 5.82 Å². The summed E-state index contributed by atoms with van der Waals surface area (Å²) in [6.45, 7) is 4.77. The van der Waals surface area contributed by atoms with Crippen LogP contribution >= 0.6 is 11.3 Å². The minimum atomic E-state index is -0.241. The first-order valence-electron chi connectivity index (χ1n) is 11.1. The number of aromatic amines is 2. The molecule has 6 rings (SSSR count). The van der Waals surface area contributed by atoms with Crippen LogP contribution in [0.15, 0.2) is 58.0 Å². The van der Waals surface area contributed by atoms with E-state index < -0.39 is 0 Å². The summed E-state index contributed by atoms with van der Waals surface area (Å²) in [7, 11) is 0. The highest BCUT2D eigenvalue weighted by Gasteiger charge is 2.23. The Hall–Kier alpha value is -3.98. The summed E-state index contributed by atoms with van der Waals surface area (Å²) in [5, 5.41) is 4.65. The molecule has 1 aliphatic heterocycles. The van der Waals surface area contributed by atoms with E-state index in [1.54, 1.807) is 0 Å². The van der Waals surface area contributed by atoms with Crippen molar-refractivity contribution in [1.29, 1.82) is 0 Å². The van der Waals surface area contributed by atoms with Gasteiger partial charge in [0.25, 0.3) is 11.5 Å². The predicted molar refractivity (Wildman–Crippen MR) is 135 cm³/mol. The minimum Gasteiger partial charge on any atom is -0.353 e. The molecule has 9 heteroatoms. The number of rotatable bonds is 3. The first-order chi connectivity index (χ1) is 16.5. The van der Waals surface area contributed by atoms with E-state index in [1.165, 1.54) is 11.3 Å². The lowest BCUT2D eigenvalue weighted by Crippen LogP contribution is -2.49. The van der Waals surface area contributed by atoms with Crippen LogP contribution in [0.25, 0.3) is 33.3 Å². The first-order valence-corrected chi connectivity index (χ1v) is 12.1. The second kappa shape index (κ2) is 8.11. The highest BCUT2D eigenvalue weighted by molar-refractivity contribution is 7.09. The van der Waals surface area contributed by atoms with Gasteiger partial charge in [0.2, 0.25) is 0 Å². The smallest absolute Gasteiger partial charge is 0.276 e. The molecule has 0 saturated carbocycles. The summed E-state index contributed by atoms with van der Waals surface area (Å²) in [4.78, 5) is 45.1. The molecule has 1 amide bonds. The minimum absolute atomic E-state index is 0.0113. The number of carbonyl (C=O) groups is 1. The van der Waals surface area contributed by atoms with E-state index >= 15 is 0 Å². The fourth-order valence-corrected chi connectivity index (χ4v) is 5.12. The molecule has 0 spiro atoms. The highest BCUT2D eigenvalue weighted by Crippen LogP contribution is 2.25. The third-order valence-corrected chi connectivity index (χ3v) is 6.96. The van der Waals surface area contributed by atoms with Crippen LogP contribution in [0.1, 0.15) is 16.1 Å². The zero-order valence-corrected chi connectivity index (χ0v) is 19.4. The number of thiophene rings is 1. The van der Waals surface area contributed by atoms with Crippen molar-refractivity contribution in [2.45, 2.75) is 6.92 Å². The number of carbonyl (C=O) groups excluding carboxylic acids is 1. The average Bonchev–Trinajstić information content (AvgIpc) is 3.49. The molecule has 2 N–H and O–H groups in total. The molecule has 1 fully saturated rings. The molecule has 0 bridgehead atoms. The molecule has 1 aromatic carbocycles. The Balaban J connectivity index is 1.23. The van der Waals surface area contributed by atoms with Gasteiger partial charge in [-0.05, 0) is 43.3 Å². The van der Waals surface area contributed by atoms with Crippen LogP contribution in [-0.4, -0.2) is 56.9 Å². The van der Waals surface area contributed by atoms with Gasteiger partial charge in [-0.25, -0.2) is 9.97 Å². The quantitative estimate of drug-likeness (QED) is 0.418. The van der Waals surface area contributed by atoms with E-state index in [1.807, 2.05) is 65.0 Å². The van der Waals surface area contributed by atoms with Crippen molar-refractivity contribution in [3.8, 4) is 11.4 Å². The Labute approximate surface area is 198 Å². The number of fused-ring (bicyclic) bond motifs is 2. The number of anilines is 1.